The smallest absolute Gasteiger partial charge is 0.412 e. The molecule has 0 unspecified atom stereocenters. The van der Waals surface area contributed by atoms with Gasteiger partial charge >= 0.3 is 12.1 Å². The molecule has 8 nitrogen and oxygen atoms in total. The summed E-state index contributed by atoms with van der Waals surface area (Å²) in [5.74, 6) is 0.0810. The van der Waals surface area contributed by atoms with Crippen molar-refractivity contribution in [1.82, 2.24) is 0 Å². The molecule has 0 bridgehead atoms. The average molecular weight is 506 g/mol. The summed E-state index contributed by atoms with van der Waals surface area (Å²) in [5.41, 5.74) is 0.277. The Hall–Kier alpha value is -3.20. The summed E-state index contributed by atoms with van der Waals surface area (Å²) in [6.45, 7) is 3.90. The standard InChI is InChI=1S/C23H24BrNO7/c1-23(2,10-4-3-5-20(27)28)21(16-11-14(24)6-8-17(16)26)32-22(29)25-15-7-9-18-19(12-15)31-13-30-18/h3,5-9,11-12,21,26H,4,10,13H2,1-2H3,(H,25,29)(H,27,28)/b5-3+/t21-/m1/s1. The lowest BCUT2D eigenvalue weighted by Crippen LogP contribution is -2.29. The van der Waals surface area contributed by atoms with Gasteiger partial charge in [0.15, 0.2) is 11.5 Å². The number of nitrogens with one attached hydrogen (secondary N) is 1. The number of carbonyl (C=O) groups is 2. The molecule has 0 fully saturated rings. The van der Waals surface area contributed by atoms with Crippen LogP contribution in [-0.2, 0) is 9.53 Å². The highest BCUT2D eigenvalue weighted by Gasteiger charge is 2.35. The average Bonchev–Trinajstić information content (AvgIpc) is 3.19. The van der Waals surface area contributed by atoms with Crippen LogP contribution in [-0.4, -0.2) is 29.1 Å². The van der Waals surface area contributed by atoms with E-state index in [0.717, 1.165) is 10.5 Å². The van der Waals surface area contributed by atoms with Crippen molar-refractivity contribution < 1.29 is 34.0 Å². The third kappa shape index (κ3) is 5.94. The topological polar surface area (TPSA) is 114 Å². The van der Waals surface area contributed by atoms with E-state index in [1.54, 1.807) is 36.4 Å². The fourth-order valence-electron chi connectivity index (χ4n) is 3.38. The summed E-state index contributed by atoms with van der Waals surface area (Å²) < 4.78 is 17.1. The Morgan fingerprint density at radius 1 is 1.22 bits per heavy atom. The second-order valence-corrected chi connectivity index (χ2v) is 8.87. The number of amides is 1. The number of phenols is 1. The third-order valence-corrected chi connectivity index (χ3v) is 5.53. The predicted octanol–water partition coefficient (Wildman–Crippen LogP) is 5.62. The molecule has 0 saturated carbocycles. The summed E-state index contributed by atoms with van der Waals surface area (Å²) in [7, 11) is 0. The quantitative estimate of drug-likeness (QED) is 0.398. The first-order valence-electron chi connectivity index (χ1n) is 9.91. The number of anilines is 1. The molecule has 2 aromatic rings. The number of halogens is 1. The van der Waals surface area contributed by atoms with Gasteiger partial charge < -0.3 is 24.4 Å². The Morgan fingerprint density at radius 3 is 2.72 bits per heavy atom. The minimum absolute atomic E-state index is 0.0109. The highest BCUT2D eigenvalue weighted by Crippen LogP contribution is 2.44. The molecule has 1 aliphatic rings. The van der Waals surface area contributed by atoms with E-state index in [4.69, 9.17) is 19.3 Å². The van der Waals surface area contributed by atoms with Crippen molar-refractivity contribution >= 4 is 33.7 Å². The summed E-state index contributed by atoms with van der Waals surface area (Å²) in [6.07, 6.45) is 2.07. The maximum Gasteiger partial charge on any atom is 0.412 e. The van der Waals surface area contributed by atoms with E-state index in [1.165, 1.54) is 6.07 Å². The van der Waals surface area contributed by atoms with E-state index >= 15 is 0 Å². The summed E-state index contributed by atoms with van der Waals surface area (Å²) >= 11 is 3.39. The minimum Gasteiger partial charge on any atom is -0.508 e. The number of carboxylic acids is 1. The first kappa shape index (κ1) is 23.5. The largest absolute Gasteiger partial charge is 0.508 e. The van der Waals surface area contributed by atoms with E-state index in [1.807, 2.05) is 13.8 Å². The molecule has 1 atom stereocenters. The first-order chi connectivity index (χ1) is 15.2. The molecule has 1 heterocycles. The van der Waals surface area contributed by atoms with Crippen LogP contribution in [0.4, 0.5) is 10.5 Å². The predicted molar refractivity (Wildman–Crippen MR) is 121 cm³/mol. The molecule has 3 rings (SSSR count). The Bertz CT molecular complexity index is 1040. The number of fused-ring (bicyclic) bond motifs is 1. The van der Waals surface area contributed by atoms with Crippen LogP contribution >= 0.6 is 15.9 Å². The van der Waals surface area contributed by atoms with E-state index in [9.17, 15) is 14.7 Å². The summed E-state index contributed by atoms with van der Waals surface area (Å²) in [4.78, 5) is 23.5. The molecule has 32 heavy (non-hydrogen) atoms. The van der Waals surface area contributed by atoms with Gasteiger partial charge in [0.25, 0.3) is 0 Å². The van der Waals surface area contributed by atoms with E-state index in [-0.39, 0.29) is 12.5 Å². The molecule has 0 aliphatic carbocycles. The zero-order valence-electron chi connectivity index (χ0n) is 17.6. The van der Waals surface area contributed by atoms with Crippen LogP contribution in [0.15, 0.2) is 53.0 Å². The molecule has 2 aromatic carbocycles. The van der Waals surface area contributed by atoms with Gasteiger partial charge in [-0.25, -0.2) is 9.59 Å². The number of benzene rings is 2. The molecule has 3 N–H and O–H groups in total. The van der Waals surface area contributed by atoms with Gasteiger partial charge in [0.2, 0.25) is 6.79 Å². The number of rotatable bonds is 8. The van der Waals surface area contributed by atoms with Gasteiger partial charge in [-0.1, -0.05) is 35.9 Å². The van der Waals surface area contributed by atoms with Crippen LogP contribution in [0.3, 0.4) is 0 Å². The third-order valence-electron chi connectivity index (χ3n) is 5.04. The summed E-state index contributed by atoms with van der Waals surface area (Å²) in [5, 5.41) is 21.9. The second kappa shape index (κ2) is 9.95. The number of carboxylic acid groups (broad SMARTS) is 1. The molecule has 0 aromatic heterocycles. The fourth-order valence-corrected chi connectivity index (χ4v) is 3.76. The zero-order valence-corrected chi connectivity index (χ0v) is 19.2. The number of allylic oxidation sites excluding steroid dienone is 1. The molecule has 1 amide bonds. The van der Waals surface area contributed by atoms with Crippen molar-refractivity contribution in [2.75, 3.05) is 12.1 Å². The maximum absolute atomic E-state index is 12.8. The summed E-state index contributed by atoms with van der Waals surface area (Å²) in [6, 6.07) is 9.90. The van der Waals surface area contributed by atoms with Crippen LogP contribution < -0.4 is 14.8 Å². The number of aliphatic carboxylic acids is 1. The monoisotopic (exact) mass is 505 g/mol. The van der Waals surface area contributed by atoms with E-state index in [0.29, 0.717) is 35.6 Å². The minimum atomic E-state index is -1.02. The lowest BCUT2D eigenvalue weighted by Gasteiger charge is -2.34. The van der Waals surface area contributed by atoms with Gasteiger partial charge in [0.1, 0.15) is 11.9 Å². The van der Waals surface area contributed by atoms with Crippen molar-refractivity contribution in [3.63, 3.8) is 0 Å². The van der Waals surface area contributed by atoms with Gasteiger partial charge in [0, 0.05) is 33.3 Å². The van der Waals surface area contributed by atoms with Gasteiger partial charge in [0.05, 0.1) is 0 Å². The van der Waals surface area contributed by atoms with E-state index < -0.39 is 23.6 Å². The maximum atomic E-state index is 12.8. The molecule has 170 valence electrons. The highest BCUT2D eigenvalue weighted by atomic mass is 79.9. The van der Waals surface area contributed by atoms with E-state index in [2.05, 4.69) is 21.2 Å². The number of phenolic OH excluding ortho intramolecular Hbond substituents is 1. The molecular weight excluding hydrogens is 482 g/mol. The van der Waals surface area contributed by atoms with Crippen molar-refractivity contribution in [3.8, 4) is 17.2 Å². The van der Waals surface area contributed by atoms with Gasteiger partial charge in [-0.3, -0.25) is 5.32 Å². The Balaban J connectivity index is 1.80. The van der Waals surface area contributed by atoms with Gasteiger partial charge in [-0.2, -0.15) is 0 Å². The Kier molecular flexibility index (Phi) is 7.29. The van der Waals surface area contributed by atoms with Crippen LogP contribution in [0.5, 0.6) is 17.2 Å². The molecule has 9 heteroatoms. The molecular formula is C23H24BrNO7. The molecule has 0 saturated heterocycles. The highest BCUT2D eigenvalue weighted by molar-refractivity contribution is 9.10. The Labute approximate surface area is 193 Å². The Morgan fingerprint density at radius 2 is 1.97 bits per heavy atom. The molecule has 1 aliphatic heterocycles. The normalized spacial score (nSPS) is 13.7. The number of carbonyl (C=O) groups excluding carboxylic acids is 1. The number of hydrogen-bond acceptors (Lipinski definition) is 6. The molecule has 0 radical (unpaired) electrons. The van der Waals surface area contributed by atoms with Crippen molar-refractivity contribution in [1.29, 1.82) is 0 Å². The van der Waals surface area contributed by atoms with Gasteiger partial charge in [-0.15, -0.1) is 0 Å². The van der Waals surface area contributed by atoms with Crippen molar-refractivity contribution in [3.05, 3.63) is 58.6 Å². The van der Waals surface area contributed by atoms with Crippen molar-refractivity contribution in [2.24, 2.45) is 5.41 Å². The SMILES string of the molecule is CC(C)(CC/C=C/C(=O)O)[C@H](OC(=O)Nc1ccc2c(c1)OCO2)c1cc(Br)ccc1O. The lowest BCUT2D eigenvalue weighted by molar-refractivity contribution is -0.131. The fraction of sp³-hybridized carbons (Fsp3) is 0.304. The number of aromatic hydroxyl groups is 1. The second-order valence-electron chi connectivity index (χ2n) is 7.95. The van der Waals surface area contributed by atoms with Crippen molar-refractivity contribution in [2.45, 2.75) is 32.8 Å². The first-order valence-corrected chi connectivity index (χ1v) is 10.7. The van der Waals surface area contributed by atoms with Crippen LogP contribution in [0.1, 0.15) is 38.4 Å². The number of hydrogen-bond donors (Lipinski definition) is 3. The lowest BCUT2D eigenvalue weighted by atomic mass is 9.78. The van der Waals surface area contributed by atoms with Crippen LogP contribution in [0.25, 0.3) is 0 Å². The van der Waals surface area contributed by atoms with Gasteiger partial charge in [-0.05, 0) is 43.2 Å². The zero-order chi connectivity index (χ0) is 23.3. The number of ether oxygens (including phenoxy) is 3. The van der Waals surface area contributed by atoms with Crippen LogP contribution in [0.2, 0.25) is 0 Å². The molecule has 0 spiro atoms. The van der Waals surface area contributed by atoms with Crippen LogP contribution in [0, 0.1) is 5.41 Å².